The minimum Gasteiger partial charge on any atom is -0.396 e. The number of rotatable bonds is 5. The van der Waals surface area contributed by atoms with Crippen LogP contribution in [0, 0.1) is 5.41 Å². The fraction of sp³-hybridized carbons (Fsp3) is 1.00. The third-order valence-corrected chi connectivity index (χ3v) is 5.29. The zero-order valence-corrected chi connectivity index (χ0v) is 12.2. The maximum Gasteiger partial charge on any atom is 0.0499 e. The highest BCUT2D eigenvalue weighted by atomic mass is 16.3. The van der Waals surface area contributed by atoms with Gasteiger partial charge in [0.15, 0.2) is 0 Å². The van der Waals surface area contributed by atoms with Crippen molar-refractivity contribution in [2.75, 3.05) is 19.7 Å². The first-order chi connectivity index (χ1) is 8.79. The number of hydrogen-bond acceptors (Lipinski definition) is 2. The van der Waals surface area contributed by atoms with Gasteiger partial charge < -0.3 is 10.0 Å². The van der Waals surface area contributed by atoms with E-state index < -0.39 is 0 Å². The molecule has 0 amide bonds. The van der Waals surface area contributed by atoms with Gasteiger partial charge in [0, 0.05) is 24.6 Å². The van der Waals surface area contributed by atoms with Crippen LogP contribution in [0.25, 0.3) is 0 Å². The minimum absolute atomic E-state index is 0.217. The summed E-state index contributed by atoms with van der Waals surface area (Å²) in [6.45, 7) is 4.99. The summed E-state index contributed by atoms with van der Waals surface area (Å²) in [6.07, 6.45) is 13.5. The monoisotopic (exact) mass is 253 g/mol. The lowest BCUT2D eigenvalue weighted by molar-refractivity contribution is 0.0446. The van der Waals surface area contributed by atoms with Gasteiger partial charge in [-0.15, -0.1) is 0 Å². The maximum atomic E-state index is 9.93. The molecule has 2 heteroatoms. The van der Waals surface area contributed by atoms with Crippen molar-refractivity contribution in [1.29, 1.82) is 0 Å². The van der Waals surface area contributed by atoms with E-state index in [1.165, 1.54) is 64.2 Å². The smallest absolute Gasteiger partial charge is 0.0499 e. The molecule has 0 aromatic heterocycles. The number of nitrogens with zero attached hydrogens (tertiary/aromatic N) is 1. The summed E-state index contributed by atoms with van der Waals surface area (Å²) in [5, 5.41) is 9.93. The molecule has 2 aliphatic carbocycles. The molecule has 0 bridgehead atoms. The van der Waals surface area contributed by atoms with Crippen molar-refractivity contribution in [3.05, 3.63) is 0 Å². The normalized spacial score (nSPS) is 25.5. The molecule has 2 saturated carbocycles. The van der Waals surface area contributed by atoms with Crippen LogP contribution < -0.4 is 0 Å². The predicted octanol–water partition coefficient (Wildman–Crippen LogP) is 3.58. The standard InChI is InChI=1S/C16H31NO/c1-2-17(15-9-5-6-10-15)13-16(14-18)11-7-3-4-8-12-16/h15,18H,2-14H2,1H3. The van der Waals surface area contributed by atoms with Crippen LogP contribution in [0.5, 0.6) is 0 Å². The molecule has 0 radical (unpaired) electrons. The van der Waals surface area contributed by atoms with Crippen LogP contribution >= 0.6 is 0 Å². The summed E-state index contributed by atoms with van der Waals surface area (Å²) in [6, 6.07) is 0.807. The molecule has 0 aromatic rings. The fourth-order valence-corrected chi connectivity index (χ4v) is 4.04. The largest absolute Gasteiger partial charge is 0.396 e. The van der Waals surface area contributed by atoms with Crippen LogP contribution in [0.15, 0.2) is 0 Å². The number of aliphatic hydroxyl groups excluding tert-OH is 1. The zero-order chi connectivity index (χ0) is 12.8. The van der Waals surface area contributed by atoms with E-state index in [2.05, 4.69) is 11.8 Å². The van der Waals surface area contributed by atoms with Crippen molar-refractivity contribution in [3.63, 3.8) is 0 Å². The van der Waals surface area contributed by atoms with Gasteiger partial charge in [0.25, 0.3) is 0 Å². The van der Waals surface area contributed by atoms with Crippen LogP contribution in [-0.2, 0) is 0 Å². The van der Waals surface area contributed by atoms with Crippen molar-refractivity contribution in [1.82, 2.24) is 4.90 Å². The van der Waals surface area contributed by atoms with Gasteiger partial charge in [0.1, 0.15) is 0 Å². The summed E-state index contributed by atoms with van der Waals surface area (Å²) < 4.78 is 0. The van der Waals surface area contributed by atoms with Crippen LogP contribution in [0.3, 0.4) is 0 Å². The Labute approximate surface area is 113 Å². The Kier molecular flexibility index (Phi) is 5.50. The predicted molar refractivity (Wildman–Crippen MR) is 76.7 cm³/mol. The molecule has 0 unspecified atom stereocenters. The Morgan fingerprint density at radius 3 is 2.11 bits per heavy atom. The van der Waals surface area contributed by atoms with Gasteiger partial charge in [0.2, 0.25) is 0 Å². The lowest BCUT2D eigenvalue weighted by Crippen LogP contribution is -2.44. The molecule has 0 spiro atoms. The fourth-order valence-electron chi connectivity index (χ4n) is 4.04. The Morgan fingerprint density at radius 2 is 1.61 bits per heavy atom. The highest BCUT2D eigenvalue weighted by Crippen LogP contribution is 2.37. The van der Waals surface area contributed by atoms with Crippen molar-refractivity contribution < 1.29 is 5.11 Å². The second-order valence-electron chi connectivity index (χ2n) is 6.57. The Hall–Kier alpha value is -0.0800. The van der Waals surface area contributed by atoms with Gasteiger partial charge in [-0.05, 0) is 32.2 Å². The summed E-state index contributed by atoms with van der Waals surface area (Å²) in [7, 11) is 0. The van der Waals surface area contributed by atoms with E-state index in [1.807, 2.05) is 0 Å². The van der Waals surface area contributed by atoms with Gasteiger partial charge in [-0.3, -0.25) is 0 Å². The molecular weight excluding hydrogens is 222 g/mol. The minimum atomic E-state index is 0.217. The molecule has 0 aromatic carbocycles. The molecule has 0 atom stereocenters. The maximum absolute atomic E-state index is 9.93. The molecule has 0 saturated heterocycles. The number of hydrogen-bond donors (Lipinski definition) is 1. The third kappa shape index (κ3) is 3.48. The molecule has 2 rings (SSSR count). The average molecular weight is 253 g/mol. The van der Waals surface area contributed by atoms with Crippen molar-refractivity contribution >= 4 is 0 Å². The van der Waals surface area contributed by atoms with E-state index in [4.69, 9.17) is 0 Å². The van der Waals surface area contributed by atoms with Gasteiger partial charge >= 0.3 is 0 Å². The second kappa shape index (κ2) is 6.91. The SMILES string of the molecule is CCN(CC1(CO)CCCCCC1)C1CCCC1. The van der Waals surface area contributed by atoms with Crippen LogP contribution in [-0.4, -0.2) is 35.7 Å². The van der Waals surface area contributed by atoms with Crippen molar-refractivity contribution in [2.45, 2.75) is 77.2 Å². The zero-order valence-electron chi connectivity index (χ0n) is 12.2. The quantitative estimate of drug-likeness (QED) is 0.757. The van der Waals surface area contributed by atoms with Crippen molar-refractivity contribution in [2.24, 2.45) is 5.41 Å². The Bertz CT molecular complexity index is 227. The topological polar surface area (TPSA) is 23.5 Å². The molecule has 0 aliphatic heterocycles. The first kappa shape index (κ1) is 14.3. The van der Waals surface area contributed by atoms with E-state index >= 15 is 0 Å². The Balaban J connectivity index is 1.97. The summed E-state index contributed by atoms with van der Waals surface area (Å²) in [5.74, 6) is 0. The molecule has 2 aliphatic rings. The molecule has 106 valence electrons. The highest BCUT2D eigenvalue weighted by Gasteiger charge is 2.34. The van der Waals surface area contributed by atoms with E-state index in [1.54, 1.807) is 0 Å². The van der Waals surface area contributed by atoms with E-state index in [0.29, 0.717) is 6.61 Å². The van der Waals surface area contributed by atoms with Crippen LogP contribution in [0.1, 0.15) is 71.1 Å². The molecule has 2 nitrogen and oxygen atoms in total. The van der Waals surface area contributed by atoms with Gasteiger partial charge in [-0.2, -0.15) is 0 Å². The lowest BCUT2D eigenvalue weighted by atomic mass is 9.80. The second-order valence-corrected chi connectivity index (χ2v) is 6.57. The first-order valence-electron chi connectivity index (χ1n) is 8.14. The first-order valence-corrected chi connectivity index (χ1v) is 8.14. The van der Waals surface area contributed by atoms with Crippen LogP contribution in [0.2, 0.25) is 0 Å². The van der Waals surface area contributed by atoms with Gasteiger partial charge in [-0.25, -0.2) is 0 Å². The van der Waals surface area contributed by atoms with E-state index in [9.17, 15) is 5.11 Å². The van der Waals surface area contributed by atoms with Crippen molar-refractivity contribution in [3.8, 4) is 0 Å². The van der Waals surface area contributed by atoms with E-state index in [0.717, 1.165) is 19.1 Å². The molecule has 18 heavy (non-hydrogen) atoms. The summed E-state index contributed by atoms with van der Waals surface area (Å²) in [4.78, 5) is 2.68. The van der Waals surface area contributed by atoms with Gasteiger partial charge in [0.05, 0.1) is 0 Å². The molecule has 2 fully saturated rings. The summed E-state index contributed by atoms with van der Waals surface area (Å²) in [5.41, 5.74) is 0.217. The lowest BCUT2D eigenvalue weighted by Gasteiger charge is -2.39. The van der Waals surface area contributed by atoms with Gasteiger partial charge in [-0.1, -0.05) is 45.4 Å². The van der Waals surface area contributed by atoms with E-state index in [-0.39, 0.29) is 5.41 Å². The summed E-state index contributed by atoms with van der Waals surface area (Å²) >= 11 is 0. The Morgan fingerprint density at radius 1 is 1.00 bits per heavy atom. The average Bonchev–Trinajstić information content (AvgIpc) is 2.83. The highest BCUT2D eigenvalue weighted by molar-refractivity contribution is 4.87. The number of aliphatic hydroxyl groups is 1. The third-order valence-electron chi connectivity index (χ3n) is 5.29. The van der Waals surface area contributed by atoms with Crippen LogP contribution in [0.4, 0.5) is 0 Å². The molecular formula is C16H31NO. The molecule has 0 heterocycles. The molecule has 1 N–H and O–H groups in total.